The van der Waals surface area contributed by atoms with Gasteiger partial charge in [0.2, 0.25) is 0 Å². The van der Waals surface area contributed by atoms with Crippen LogP contribution in [0.1, 0.15) is 38.5 Å². The Kier molecular flexibility index (Phi) is 7.45. The molecule has 1 aromatic rings. The molecule has 0 bridgehead atoms. The van der Waals surface area contributed by atoms with Crippen molar-refractivity contribution < 1.29 is 17.6 Å². The molecule has 2 saturated heterocycles. The lowest BCUT2D eigenvalue weighted by Crippen LogP contribution is -2.56. The molecule has 2 unspecified atom stereocenters. The number of halogens is 3. The average molecular weight is 416 g/mol. The summed E-state index contributed by atoms with van der Waals surface area (Å²) in [7, 11) is 0. The average Bonchev–Trinajstić information content (AvgIpc) is 3.41. The fourth-order valence-electron chi connectivity index (χ4n) is 4.05. The number of piperazine rings is 1. The van der Waals surface area contributed by atoms with E-state index in [0.717, 1.165) is 24.8 Å². The minimum absolute atomic E-state index is 0.0905. The number of aliphatic imine (C=N–C) groups is 1. The van der Waals surface area contributed by atoms with Gasteiger partial charge in [-0.05, 0) is 51.9 Å². The van der Waals surface area contributed by atoms with Gasteiger partial charge < -0.3 is 14.6 Å². The van der Waals surface area contributed by atoms with Crippen LogP contribution in [0.5, 0.6) is 0 Å². The van der Waals surface area contributed by atoms with Crippen LogP contribution >= 0.6 is 0 Å². The molecule has 1 N–H and O–H groups in total. The Morgan fingerprint density at radius 1 is 1.14 bits per heavy atom. The maximum absolute atomic E-state index is 13.0. The SMILES string of the molecule is CCNC(=NCC(c1ccco1)N1CCCC1)N1CCN(C(C)C(F)(F)F)CC1. The summed E-state index contributed by atoms with van der Waals surface area (Å²) in [4.78, 5) is 10.8. The quantitative estimate of drug-likeness (QED) is 0.572. The van der Waals surface area contributed by atoms with Crippen molar-refractivity contribution in [3.05, 3.63) is 24.2 Å². The fraction of sp³-hybridized carbons (Fsp3) is 0.750. The molecule has 0 radical (unpaired) electrons. The van der Waals surface area contributed by atoms with E-state index in [2.05, 4.69) is 15.1 Å². The van der Waals surface area contributed by atoms with E-state index in [-0.39, 0.29) is 6.04 Å². The number of nitrogens with one attached hydrogen (secondary N) is 1. The zero-order valence-electron chi connectivity index (χ0n) is 17.3. The summed E-state index contributed by atoms with van der Waals surface area (Å²) in [5, 5.41) is 3.30. The molecular weight excluding hydrogens is 383 g/mol. The Balaban J connectivity index is 1.65. The first-order valence-corrected chi connectivity index (χ1v) is 10.5. The van der Waals surface area contributed by atoms with Gasteiger partial charge in [-0.3, -0.25) is 14.8 Å². The van der Waals surface area contributed by atoms with E-state index < -0.39 is 12.2 Å². The Hall–Kier alpha value is -1.74. The zero-order chi connectivity index (χ0) is 20.9. The summed E-state index contributed by atoms with van der Waals surface area (Å²) >= 11 is 0. The predicted molar refractivity (Wildman–Crippen MR) is 107 cm³/mol. The first-order chi connectivity index (χ1) is 13.9. The van der Waals surface area contributed by atoms with Crippen molar-refractivity contribution in [1.29, 1.82) is 0 Å². The van der Waals surface area contributed by atoms with Crippen LogP contribution < -0.4 is 5.32 Å². The number of nitrogens with zero attached hydrogens (tertiary/aromatic N) is 4. The molecule has 0 aromatic carbocycles. The van der Waals surface area contributed by atoms with Gasteiger partial charge in [0, 0.05) is 32.7 Å². The van der Waals surface area contributed by atoms with Crippen LogP contribution in [0.25, 0.3) is 0 Å². The molecule has 9 heteroatoms. The van der Waals surface area contributed by atoms with Gasteiger partial charge in [-0.15, -0.1) is 0 Å². The van der Waals surface area contributed by atoms with E-state index in [1.54, 1.807) is 6.26 Å². The van der Waals surface area contributed by atoms with E-state index in [9.17, 15) is 13.2 Å². The lowest BCUT2D eigenvalue weighted by molar-refractivity contribution is -0.181. The summed E-state index contributed by atoms with van der Waals surface area (Å²) in [5.74, 6) is 1.68. The first kappa shape index (κ1) is 22.0. The molecule has 1 aromatic heterocycles. The minimum Gasteiger partial charge on any atom is -0.468 e. The lowest BCUT2D eigenvalue weighted by Gasteiger charge is -2.39. The molecule has 2 aliphatic rings. The third kappa shape index (κ3) is 5.66. The van der Waals surface area contributed by atoms with Gasteiger partial charge in [0.25, 0.3) is 0 Å². The summed E-state index contributed by atoms with van der Waals surface area (Å²) in [6.07, 6.45) is -0.137. The number of guanidine groups is 1. The molecule has 0 aliphatic carbocycles. The smallest absolute Gasteiger partial charge is 0.403 e. The molecule has 0 spiro atoms. The number of rotatable bonds is 6. The predicted octanol–water partition coefficient (Wildman–Crippen LogP) is 2.95. The van der Waals surface area contributed by atoms with E-state index in [1.807, 2.05) is 19.1 Å². The van der Waals surface area contributed by atoms with Crippen molar-refractivity contribution in [3.8, 4) is 0 Å². The van der Waals surface area contributed by atoms with Crippen molar-refractivity contribution in [2.75, 3.05) is 52.4 Å². The van der Waals surface area contributed by atoms with Crippen LogP contribution in [-0.2, 0) is 0 Å². The molecule has 0 saturated carbocycles. The van der Waals surface area contributed by atoms with Gasteiger partial charge in [-0.25, -0.2) is 0 Å². The summed E-state index contributed by atoms with van der Waals surface area (Å²) in [5.41, 5.74) is 0. The van der Waals surface area contributed by atoms with Gasteiger partial charge in [0.1, 0.15) is 11.8 Å². The van der Waals surface area contributed by atoms with Crippen LogP contribution in [0.2, 0.25) is 0 Å². The second kappa shape index (κ2) is 9.84. The molecule has 2 aliphatic heterocycles. The lowest BCUT2D eigenvalue weighted by atomic mass is 10.2. The molecule has 3 rings (SSSR count). The third-order valence-electron chi connectivity index (χ3n) is 5.84. The second-order valence-corrected chi connectivity index (χ2v) is 7.71. The summed E-state index contributed by atoms with van der Waals surface area (Å²) in [6.45, 7) is 8.39. The maximum atomic E-state index is 13.0. The first-order valence-electron chi connectivity index (χ1n) is 10.5. The Bertz CT molecular complexity index is 635. The van der Waals surface area contributed by atoms with Crippen molar-refractivity contribution in [1.82, 2.24) is 20.0 Å². The highest BCUT2D eigenvalue weighted by atomic mass is 19.4. The molecule has 2 fully saturated rings. The third-order valence-corrected chi connectivity index (χ3v) is 5.84. The largest absolute Gasteiger partial charge is 0.468 e. The minimum atomic E-state index is -4.19. The molecule has 0 amide bonds. The zero-order valence-corrected chi connectivity index (χ0v) is 17.3. The van der Waals surface area contributed by atoms with E-state index in [0.29, 0.717) is 39.3 Å². The fourth-order valence-corrected chi connectivity index (χ4v) is 4.05. The van der Waals surface area contributed by atoms with Crippen molar-refractivity contribution in [3.63, 3.8) is 0 Å². The monoisotopic (exact) mass is 415 g/mol. The number of alkyl halides is 3. The van der Waals surface area contributed by atoms with Crippen molar-refractivity contribution >= 4 is 5.96 Å². The maximum Gasteiger partial charge on any atom is 0.403 e. The molecule has 6 nitrogen and oxygen atoms in total. The molecular formula is C20H32F3N5O. The summed E-state index contributed by atoms with van der Waals surface area (Å²) < 4.78 is 44.7. The van der Waals surface area contributed by atoms with Crippen molar-refractivity contribution in [2.24, 2.45) is 4.99 Å². The highest BCUT2D eigenvalue weighted by Gasteiger charge is 2.41. The van der Waals surface area contributed by atoms with Gasteiger partial charge in [0.05, 0.1) is 18.8 Å². The molecule has 3 heterocycles. The second-order valence-electron chi connectivity index (χ2n) is 7.71. The van der Waals surface area contributed by atoms with Crippen molar-refractivity contribution in [2.45, 2.75) is 44.9 Å². The Morgan fingerprint density at radius 2 is 1.83 bits per heavy atom. The number of hydrogen-bond donors (Lipinski definition) is 1. The standard InChI is InChI=1S/C20H32F3N5O/c1-3-24-19(28-12-10-26(11-13-28)16(2)20(21,22)23)25-15-17(18-7-6-14-29-18)27-8-4-5-9-27/h6-7,14,16-17H,3-5,8-13,15H2,1-2H3,(H,24,25). The van der Waals surface area contributed by atoms with E-state index in [1.165, 1.54) is 24.7 Å². The number of furan rings is 1. The van der Waals surface area contributed by atoms with Crippen LogP contribution in [0.4, 0.5) is 13.2 Å². The summed E-state index contributed by atoms with van der Waals surface area (Å²) in [6, 6.07) is 2.56. The number of likely N-dealkylation sites (tertiary alicyclic amines) is 1. The van der Waals surface area contributed by atoms with Crippen LogP contribution in [0, 0.1) is 0 Å². The highest BCUT2D eigenvalue weighted by Crippen LogP contribution is 2.27. The van der Waals surface area contributed by atoms with Gasteiger partial charge >= 0.3 is 6.18 Å². The van der Waals surface area contributed by atoms with E-state index >= 15 is 0 Å². The molecule has 29 heavy (non-hydrogen) atoms. The number of hydrogen-bond acceptors (Lipinski definition) is 4. The van der Waals surface area contributed by atoms with Crippen LogP contribution in [-0.4, -0.2) is 85.2 Å². The normalized spacial score (nSPS) is 22.1. The molecule has 164 valence electrons. The Morgan fingerprint density at radius 3 is 2.38 bits per heavy atom. The van der Waals surface area contributed by atoms with E-state index in [4.69, 9.17) is 9.41 Å². The topological polar surface area (TPSA) is 47.3 Å². The van der Waals surface area contributed by atoms with Gasteiger partial charge in [-0.2, -0.15) is 13.2 Å². The van der Waals surface area contributed by atoms with Crippen LogP contribution in [0.3, 0.4) is 0 Å². The van der Waals surface area contributed by atoms with Crippen LogP contribution in [0.15, 0.2) is 27.8 Å². The van der Waals surface area contributed by atoms with Gasteiger partial charge in [-0.1, -0.05) is 0 Å². The highest BCUT2D eigenvalue weighted by molar-refractivity contribution is 5.80. The Labute approximate surface area is 170 Å². The molecule has 2 atom stereocenters. The van der Waals surface area contributed by atoms with Gasteiger partial charge in [0.15, 0.2) is 5.96 Å².